The number of aliphatic carboxylic acids is 1. The van der Waals surface area contributed by atoms with Gasteiger partial charge in [-0.15, -0.1) is 0 Å². The summed E-state index contributed by atoms with van der Waals surface area (Å²) in [5.74, 6) is 4.41. The number of nitrogens with zero attached hydrogens (tertiary/aromatic N) is 1. The fourth-order valence-electron chi connectivity index (χ4n) is 3.53. The highest BCUT2D eigenvalue weighted by molar-refractivity contribution is 6.00. The van der Waals surface area contributed by atoms with Gasteiger partial charge in [-0.05, 0) is 24.7 Å². The van der Waals surface area contributed by atoms with E-state index in [1.54, 1.807) is 0 Å². The number of hydrogen-bond acceptors (Lipinski definition) is 4. The van der Waals surface area contributed by atoms with Crippen LogP contribution < -0.4 is 10.9 Å². The third-order valence-corrected chi connectivity index (χ3v) is 5.28. The van der Waals surface area contributed by atoms with Gasteiger partial charge in [0.1, 0.15) is 0 Å². The minimum Gasteiger partial charge on any atom is -0.550 e. The largest absolute Gasteiger partial charge is 0.550 e. The maximum absolute atomic E-state index is 11.4. The number of fused-ring (bicyclic) bond motifs is 2. The molecule has 2 fully saturated rings. The smallest absolute Gasteiger partial charge is 0.0485 e. The number of hydrogen-bond donors (Lipinski definition) is 1. The molecule has 2 rings (SSSR count). The topological polar surface area (TPSA) is 78.5 Å². The average Bonchev–Trinajstić information content (AvgIpc) is 2.46. The van der Waals surface area contributed by atoms with E-state index in [1.807, 2.05) is 13.8 Å². The molecule has 0 amide bonds. The minimum absolute atomic E-state index is 0.179. The number of nitrogens with two attached hydrogens (primary N) is 1. The number of carboxylic acid groups (broad SMARTS) is 1. The van der Waals surface area contributed by atoms with E-state index in [4.69, 9.17) is 5.84 Å². The molecule has 2 aliphatic carbocycles. The van der Waals surface area contributed by atoms with Gasteiger partial charge in [0.2, 0.25) is 0 Å². The number of hydrazone groups is 1. The molecule has 0 aromatic carbocycles. The number of rotatable bonds is 1. The highest BCUT2D eigenvalue weighted by atomic mass is 16.4. The van der Waals surface area contributed by atoms with Gasteiger partial charge < -0.3 is 15.7 Å². The van der Waals surface area contributed by atoms with Crippen LogP contribution in [0.15, 0.2) is 5.10 Å². The van der Waals surface area contributed by atoms with E-state index in [-0.39, 0.29) is 10.8 Å². The summed E-state index contributed by atoms with van der Waals surface area (Å²) in [6.07, 6.45) is 1.97. The van der Waals surface area contributed by atoms with Crippen molar-refractivity contribution in [2.24, 2.45) is 27.2 Å². The lowest BCUT2D eigenvalue weighted by Gasteiger charge is -2.41. The molecule has 0 aromatic heterocycles. The Hall–Kier alpha value is -1.06. The number of carbonyl (C=O) groups is 1. The van der Waals surface area contributed by atoms with Crippen molar-refractivity contribution in [2.45, 2.75) is 40.0 Å². The fraction of sp³-hybridized carbons (Fsp3) is 0.818. The molecule has 2 bridgehead atoms. The van der Waals surface area contributed by atoms with Gasteiger partial charge in [0.05, 0.1) is 0 Å². The molecular weight excluding hydrogens is 192 g/mol. The lowest BCUT2D eigenvalue weighted by Crippen LogP contribution is -2.47. The Kier molecular flexibility index (Phi) is 1.77. The van der Waals surface area contributed by atoms with Crippen LogP contribution in [0.1, 0.15) is 40.0 Å². The third-order valence-electron chi connectivity index (χ3n) is 5.28. The SMILES string of the molecule is CC1(C)[C@@]2(C(=O)[O-])CC[C@]1(C)C(=NN)C2. The van der Waals surface area contributed by atoms with Crippen LogP contribution in [0.2, 0.25) is 0 Å². The van der Waals surface area contributed by atoms with Crippen LogP contribution in [0.4, 0.5) is 0 Å². The van der Waals surface area contributed by atoms with E-state index in [0.717, 1.165) is 12.1 Å². The van der Waals surface area contributed by atoms with Crippen LogP contribution >= 0.6 is 0 Å². The van der Waals surface area contributed by atoms with Crippen molar-refractivity contribution >= 4 is 11.7 Å². The number of carboxylic acids is 1. The van der Waals surface area contributed by atoms with Crippen LogP contribution in [0.25, 0.3) is 0 Å². The van der Waals surface area contributed by atoms with Crippen molar-refractivity contribution < 1.29 is 9.90 Å². The summed E-state index contributed by atoms with van der Waals surface area (Å²) >= 11 is 0. The third kappa shape index (κ3) is 0.840. The molecule has 0 radical (unpaired) electrons. The molecule has 0 aliphatic heterocycles. The van der Waals surface area contributed by atoms with Crippen LogP contribution in [0.5, 0.6) is 0 Å². The van der Waals surface area contributed by atoms with Gasteiger partial charge in [0.15, 0.2) is 0 Å². The summed E-state index contributed by atoms with van der Waals surface area (Å²) in [5.41, 5.74) is -0.429. The monoisotopic (exact) mass is 209 g/mol. The van der Waals surface area contributed by atoms with Crippen LogP contribution in [0, 0.1) is 16.2 Å². The minimum atomic E-state index is -0.949. The highest BCUT2D eigenvalue weighted by Crippen LogP contribution is 2.70. The van der Waals surface area contributed by atoms with Crippen LogP contribution in [0.3, 0.4) is 0 Å². The Balaban J connectivity index is 2.61. The van der Waals surface area contributed by atoms with E-state index >= 15 is 0 Å². The molecule has 0 heterocycles. The summed E-state index contributed by atoms with van der Waals surface area (Å²) in [6.45, 7) is 6.05. The molecule has 2 N–H and O–H groups in total. The molecule has 0 aromatic rings. The predicted molar refractivity (Wildman–Crippen MR) is 54.8 cm³/mol. The van der Waals surface area contributed by atoms with Crippen LogP contribution in [-0.2, 0) is 4.79 Å². The normalized spacial score (nSPS) is 44.9. The van der Waals surface area contributed by atoms with Crippen molar-refractivity contribution in [2.75, 3.05) is 0 Å². The molecule has 84 valence electrons. The van der Waals surface area contributed by atoms with Crippen LogP contribution in [-0.4, -0.2) is 11.7 Å². The molecule has 0 spiro atoms. The standard InChI is InChI=1S/C11H18N2O2/c1-9(2)10(3)4-5-11(9,8(14)15)6-7(10)13-12/h4-6,12H2,1-3H3,(H,14,15)/p-1/t10-,11+/m1/s1. The summed E-state index contributed by atoms with van der Waals surface area (Å²) in [7, 11) is 0. The lowest BCUT2D eigenvalue weighted by molar-refractivity contribution is -0.323. The van der Waals surface area contributed by atoms with Crippen molar-refractivity contribution in [3.05, 3.63) is 0 Å². The average molecular weight is 209 g/mol. The first-order valence-corrected chi connectivity index (χ1v) is 5.30. The zero-order chi connectivity index (χ0) is 11.5. The van der Waals surface area contributed by atoms with Crippen molar-refractivity contribution in [3.63, 3.8) is 0 Å². The Morgan fingerprint density at radius 3 is 2.33 bits per heavy atom. The Labute approximate surface area is 89.5 Å². The molecule has 0 unspecified atom stereocenters. The summed E-state index contributed by atoms with van der Waals surface area (Å²) in [4.78, 5) is 11.4. The van der Waals surface area contributed by atoms with E-state index in [2.05, 4.69) is 12.0 Å². The maximum atomic E-state index is 11.4. The lowest BCUT2D eigenvalue weighted by atomic mass is 9.65. The second-order valence-electron chi connectivity index (χ2n) is 5.58. The van der Waals surface area contributed by atoms with Gasteiger partial charge in [-0.3, -0.25) is 0 Å². The maximum Gasteiger partial charge on any atom is 0.0485 e. The molecule has 0 saturated heterocycles. The zero-order valence-corrected chi connectivity index (χ0v) is 9.46. The molecule has 4 nitrogen and oxygen atoms in total. The first kappa shape index (κ1) is 10.5. The quantitative estimate of drug-likeness (QED) is 0.497. The Morgan fingerprint density at radius 2 is 2.00 bits per heavy atom. The summed E-state index contributed by atoms with van der Waals surface area (Å²) < 4.78 is 0. The van der Waals surface area contributed by atoms with Gasteiger partial charge >= 0.3 is 0 Å². The summed E-state index contributed by atoms with van der Waals surface area (Å²) in [6, 6.07) is 0. The highest BCUT2D eigenvalue weighted by Gasteiger charge is 2.69. The van der Waals surface area contributed by atoms with E-state index < -0.39 is 11.4 Å². The Bertz CT molecular complexity index is 362. The summed E-state index contributed by atoms with van der Waals surface area (Å²) in [5, 5.41) is 15.2. The van der Waals surface area contributed by atoms with Gasteiger partial charge in [0, 0.05) is 22.5 Å². The second kappa shape index (κ2) is 2.54. The zero-order valence-electron chi connectivity index (χ0n) is 9.46. The molecule has 2 atom stereocenters. The molecule has 4 heteroatoms. The van der Waals surface area contributed by atoms with Gasteiger partial charge in [-0.1, -0.05) is 20.8 Å². The first-order valence-electron chi connectivity index (χ1n) is 5.30. The number of carbonyl (C=O) groups excluding carboxylic acids is 1. The fourth-order valence-corrected chi connectivity index (χ4v) is 3.53. The molecule has 2 saturated carbocycles. The van der Waals surface area contributed by atoms with Gasteiger partial charge in [-0.25, -0.2) is 0 Å². The molecular formula is C11H17N2O2-. The van der Waals surface area contributed by atoms with Gasteiger partial charge in [-0.2, -0.15) is 5.10 Å². The van der Waals surface area contributed by atoms with Crippen molar-refractivity contribution in [1.29, 1.82) is 0 Å². The Morgan fingerprint density at radius 1 is 1.40 bits per heavy atom. The first-order chi connectivity index (χ1) is 6.82. The van der Waals surface area contributed by atoms with E-state index in [9.17, 15) is 9.90 Å². The molecule has 15 heavy (non-hydrogen) atoms. The van der Waals surface area contributed by atoms with Crippen molar-refractivity contribution in [1.82, 2.24) is 0 Å². The van der Waals surface area contributed by atoms with E-state index in [1.165, 1.54) is 0 Å². The van der Waals surface area contributed by atoms with Gasteiger partial charge in [0.25, 0.3) is 0 Å². The predicted octanol–water partition coefficient (Wildman–Crippen LogP) is 0.267. The molecule has 2 aliphatic rings. The second-order valence-corrected chi connectivity index (χ2v) is 5.58. The van der Waals surface area contributed by atoms with E-state index in [0.29, 0.717) is 12.8 Å². The van der Waals surface area contributed by atoms with Crippen molar-refractivity contribution in [3.8, 4) is 0 Å².